The smallest absolute Gasteiger partial charge is 0.278 e. The van der Waals surface area contributed by atoms with E-state index in [1.54, 1.807) is 17.1 Å². The van der Waals surface area contributed by atoms with E-state index in [1.807, 2.05) is 0 Å². The average molecular weight is 512 g/mol. The summed E-state index contributed by atoms with van der Waals surface area (Å²) in [6, 6.07) is 6.16. The highest BCUT2D eigenvalue weighted by Crippen LogP contribution is 2.33. The first-order chi connectivity index (χ1) is 15.6. The SMILES string of the molecule is CN(C)S(=O)(=O)c1cnc(NC(=O)C(=NN2CCCC2)c2ccc(S(=O)(=O)C3CC3)cc2)s1. The molecule has 1 N–H and O–H groups in total. The third-order valence-corrected chi connectivity index (χ3v) is 10.8. The summed E-state index contributed by atoms with van der Waals surface area (Å²) in [5, 5.41) is 8.74. The van der Waals surface area contributed by atoms with Crippen LogP contribution in [-0.2, 0) is 24.7 Å². The summed E-state index contributed by atoms with van der Waals surface area (Å²) < 4.78 is 50.6. The summed E-state index contributed by atoms with van der Waals surface area (Å²) in [7, 11) is -4.16. The Balaban J connectivity index is 1.60. The number of aromatic nitrogens is 1. The molecule has 0 atom stereocenters. The monoisotopic (exact) mass is 511 g/mol. The van der Waals surface area contributed by atoms with Crippen LogP contribution in [0.1, 0.15) is 31.2 Å². The van der Waals surface area contributed by atoms with Gasteiger partial charge in [-0.15, -0.1) is 0 Å². The number of nitrogens with one attached hydrogen (secondary N) is 1. The van der Waals surface area contributed by atoms with Gasteiger partial charge in [-0.05, 0) is 37.8 Å². The van der Waals surface area contributed by atoms with Gasteiger partial charge >= 0.3 is 0 Å². The van der Waals surface area contributed by atoms with E-state index in [9.17, 15) is 21.6 Å². The number of carbonyl (C=O) groups excluding carboxylic acids is 1. The molecular formula is C20H25N5O5S3. The van der Waals surface area contributed by atoms with E-state index in [0.717, 1.165) is 28.5 Å². The van der Waals surface area contributed by atoms with Crippen LogP contribution in [0.25, 0.3) is 0 Å². The van der Waals surface area contributed by atoms with Crippen molar-refractivity contribution in [1.82, 2.24) is 14.3 Å². The maximum atomic E-state index is 13.1. The first kappa shape index (κ1) is 23.8. The van der Waals surface area contributed by atoms with Crippen LogP contribution in [0.2, 0.25) is 0 Å². The maximum Gasteiger partial charge on any atom is 0.278 e. The number of sulfone groups is 1. The molecule has 1 aromatic heterocycles. The lowest BCUT2D eigenvalue weighted by Gasteiger charge is -2.14. The zero-order valence-corrected chi connectivity index (χ0v) is 20.7. The van der Waals surface area contributed by atoms with Crippen molar-refractivity contribution < 1.29 is 21.6 Å². The molecule has 33 heavy (non-hydrogen) atoms. The molecule has 13 heteroatoms. The van der Waals surface area contributed by atoms with Gasteiger partial charge in [0.2, 0.25) is 0 Å². The van der Waals surface area contributed by atoms with Gasteiger partial charge in [-0.1, -0.05) is 23.5 Å². The normalized spacial score (nSPS) is 17.5. The maximum absolute atomic E-state index is 13.1. The molecule has 1 saturated carbocycles. The summed E-state index contributed by atoms with van der Waals surface area (Å²) >= 11 is 0.847. The second kappa shape index (κ2) is 9.12. The second-order valence-corrected chi connectivity index (χ2v) is 13.7. The largest absolute Gasteiger partial charge is 0.296 e. The van der Waals surface area contributed by atoms with Gasteiger partial charge in [0.15, 0.2) is 24.9 Å². The number of anilines is 1. The minimum absolute atomic E-state index is 0.00969. The Kier molecular flexibility index (Phi) is 6.58. The number of thiazole rings is 1. The zero-order valence-electron chi connectivity index (χ0n) is 18.3. The molecule has 2 fully saturated rings. The van der Waals surface area contributed by atoms with Gasteiger partial charge in [-0.2, -0.15) is 5.10 Å². The Labute approximate surface area is 197 Å². The van der Waals surface area contributed by atoms with E-state index in [-0.39, 0.29) is 25.2 Å². The molecule has 10 nitrogen and oxygen atoms in total. The molecule has 0 bridgehead atoms. The number of nitrogens with zero attached hydrogens (tertiary/aromatic N) is 4. The molecule has 1 saturated heterocycles. The van der Waals surface area contributed by atoms with E-state index >= 15 is 0 Å². The van der Waals surface area contributed by atoms with Gasteiger partial charge in [0, 0.05) is 32.7 Å². The molecule has 1 amide bonds. The number of amides is 1. The van der Waals surface area contributed by atoms with Crippen molar-refractivity contribution >= 4 is 47.9 Å². The summed E-state index contributed by atoms with van der Waals surface area (Å²) in [4.78, 5) is 17.4. The molecule has 178 valence electrons. The molecule has 1 aliphatic heterocycles. The van der Waals surface area contributed by atoms with E-state index < -0.39 is 25.8 Å². The minimum atomic E-state index is -3.66. The molecule has 4 rings (SSSR count). The Morgan fingerprint density at radius 1 is 1.12 bits per heavy atom. The highest BCUT2D eigenvalue weighted by molar-refractivity contribution is 7.92. The number of hydrogen-bond donors (Lipinski definition) is 1. The number of carbonyl (C=O) groups is 1. The summed E-state index contributed by atoms with van der Waals surface area (Å²) in [6.45, 7) is 1.43. The third kappa shape index (κ3) is 5.10. The van der Waals surface area contributed by atoms with Crippen LogP contribution in [0.4, 0.5) is 5.13 Å². The molecule has 0 unspecified atom stereocenters. The van der Waals surface area contributed by atoms with Gasteiger partial charge in [-0.3, -0.25) is 15.1 Å². The average Bonchev–Trinajstić information content (AvgIpc) is 3.32. The number of hydrazone groups is 1. The highest BCUT2D eigenvalue weighted by Gasteiger charge is 2.36. The standard InChI is InChI=1S/C20H25N5O5S3/c1-24(2)33(29,30)17-13-21-20(31-17)22-19(26)18(23-25-11-3-4-12-25)14-5-7-15(8-6-14)32(27,28)16-9-10-16/h5-8,13,16H,3-4,9-12H2,1-2H3,(H,21,22,26). The number of benzene rings is 1. The van der Waals surface area contributed by atoms with Gasteiger partial charge < -0.3 is 0 Å². The van der Waals surface area contributed by atoms with E-state index in [2.05, 4.69) is 15.4 Å². The van der Waals surface area contributed by atoms with Crippen molar-refractivity contribution in [2.75, 3.05) is 32.5 Å². The van der Waals surface area contributed by atoms with Crippen molar-refractivity contribution in [3.05, 3.63) is 36.0 Å². The second-order valence-electron chi connectivity index (χ2n) is 8.10. The molecule has 1 aromatic carbocycles. The van der Waals surface area contributed by atoms with Crippen LogP contribution in [0.5, 0.6) is 0 Å². The molecular weight excluding hydrogens is 486 g/mol. The van der Waals surface area contributed by atoms with Crippen LogP contribution in [0.15, 0.2) is 44.7 Å². The van der Waals surface area contributed by atoms with Gasteiger partial charge in [0.25, 0.3) is 15.9 Å². The number of hydrogen-bond acceptors (Lipinski definition) is 9. The predicted octanol–water partition coefficient (Wildman–Crippen LogP) is 1.77. The van der Waals surface area contributed by atoms with Crippen LogP contribution in [0.3, 0.4) is 0 Å². The molecule has 2 aliphatic rings. The number of rotatable bonds is 8. The zero-order chi connectivity index (χ0) is 23.8. The van der Waals surface area contributed by atoms with Crippen LogP contribution in [-0.4, -0.2) is 75.2 Å². The highest BCUT2D eigenvalue weighted by atomic mass is 32.2. The van der Waals surface area contributed by atoms with E-state index in [1.165, 1.54) is 32.4 Å². The molecule has 1 aliphatic carbocycles. The minimum Gasteiger partial charge on any atom is -0.296 e. The number of sulfonamides is 1. The fourth-order valence-electron chi connectivity index (χ4n) is 3.32. The molecule has 0 radical (unpaired) electrons. The summed E-state index contributed by atoms with van der Waals surface area (Å²) in [5.74, 6) is -0.553. The van der Waals surface area contributed by atoms with Crippen molar-refractivity contribution in [1.29, 1.82) is 0 Å². The first-order valence-electron chi connectivity index (χ1n) is 10.5. The fourth-order valence-corrected chi connectivity index (χ4v) is 7.18. The van der Waals surface area contributed by atoms with Crippen molar-refractivity contribution in [3.63, 3.8) is 0 Å². The van der Waals surface area contributed by atoms with Crippen LogP contribution in [0, 0.1) is 0 Å². The summed E-state index contributed by atoms with van der Waals surface area (Å²) in [6.07, 6.45) is 4.48. The van der Waals surface area contributed by atoms with E-state index in [4.69, 9.17) is 0 Å². The molecule has 0 spiro atoms. The lowest BCUT2D eigenvalue weighted by atomic mass is 10.1. The van der Waals surface area contributed by atoms with Gasteiger partial charge in [0.1, 0.15) is 0 Å². The van der Waals surface area contributed by atoms with Crippen LogP contribution < -0.4 is 5.32 Å². The van der Waals surface area contributed by atoms with Crippen molar-refractivity contribution in [2.24, 2.45) is 5.10 Å². The lowest BCUT2D eigenvalue weighted by molar-refractivity contribution is -0.110. The van der Waals surface area contributed by atoms with Gasteiger partial charge in [0.05, 0.1) is 16.3 Å². The Hall–Kier alpha value is -2.35. The third-order valence-electron chi connectivity index (χ3n) is 5.40. The first-order valence-corrected chi connectivity index (χ1v) is 14.3. The Morgan fingerprint density at radius 3 is 2.33 bits per heavy atom. The Morgan fingerprint density at radius 2 is 1.76 bits per heavy atom. The molecule has 2 heterocycles. The topological polar surface area (TPSA) is 129 Å². The van der Waals surface area contributed by atoms with Gasteiger partial charge in [-0.25, -0.2) is 26.1 Å². The Bertz CT molecular complexity index is 1270. The fraction of sp³-hybridized carbons (Fsp3) is 0.450. The lowest BCUT2D eigenvalue weighted by Crippen LogP contribution is -2.27. The summed E-state index contributed by atoms with van der Waals surface area (Å²) in [5.41, 5.74) is 0.575. The van der Waals surface area contributed by atoms with E-state index in [0.29, 0.717) is 31.5 Å². The van der Waals surface area contributed by atoms with Crippen molar-refractivity contribution in [2.45, 2.75) is 40.0 Å². The predicted molar refractivity (Wildman–Crippen MR) is 126 cm³/mol. The quantitative estimate of drug-likeness (QED) is 0.535. The van der Waals surface area contributed by atoms with Crippen LogP contribution >= 0.6 is 11.3 Å². The molecule has 2 aromatic rings. The van der Waals surface area contributed by atoms with Crippen molar-refractivity contribution in [3.8, 4) is 0 Å².